The van der Waals surface area contributed by atoms with Gasteiger partial charge in [-0.2, -0.15) is 4.98 Å². The zero-order valence-corrected chi connectivity index (χ0v) is 16.2. The summed E-state index contributed by atoms with van der Waals surface area (Å²) >= 11 is 0. The number of anilines is 2. The normalized spacial score (nSPS) is 15.8. The van der Waals surface area contributed by atoms with Gasteiger partial charge in [-0.1, -0.05) is 37.6 Å². The average Bonchev–Trinajstić information content (AvgIpc) is 3.15. The molecule has 1 saturated heterocycles. The summed E-state index contributed by atoms with van der Waals surface area (Å²) in [5.41, 5.74) is 9.33. The van der Waals surface area contributed by atoms with Crippen molar-refractivity contribution in [2.24, 2.45) is 0 Å². The smallest absolute Gasteiger partial charge is 0.222 e. The average molecular weight is 370 g/mol. The third-order valence-electron chi connectivity index (χ3n) is 5.02. The third kappa shape index (κ3) is 5.91. The molecule has 1 aromatic carbocycles. The summed E-state index contributed by atoms with van der Waals surface area (Å²) in [6.45, 7) is 5.63. The Kier molecular flexibility index (Phi) is 7.01. The van der Waals surface area contributed by atoms with Gasteiger partial charge in [0.15, 0.2) is 0 Å². The number of aliphatic hydroxyl groups excluding tert-OH is 1. The van der Waals surface area contributed by atoms with Crippen LogP contribution in [0.3, 0.4) is 0 Å². The minimum atomic E-state index is -0.0120. The Balaban J connectivity index is 1.64. The van der Waals surface area contributed by atoms with E-state index in [9.17, 15) is 5.11 Å². The van der Waals surface area contributed by atoms with Crippen molar-refractivity contribution < 1.29 is 5.11 Å². The minimum Gasteiger partial charge on any atom is -0.394 e. The van der Waals surface area contributed by atoms with E-state index in [1.807, 2.05) is 6.07 Å². The van der Waals surface area contributed by atoms with Gasteiger partial charge >= 0.3 is 0 Å². The Hall–Kier alpha value is -2.18. The molecule has 1 aromatic heterocycles. The van der Waals surface area contributed by atoms with Gasteiger partial charge in [0.1, 0.15) is 5.82 Å². The van der Waals surface area contributed by atoms with Crippen molar-refractivity contribution in [1.82, 2.24) is 14.9 Å². The summed E-state index contributed by atoms with van der Waals surface area (Å²) in [6, 6.07) is 10.7. The van der Waals surface area contributed by atoms with E-state index in [2.05, 4.69) is 51.4 Å². The number of likely N-dealkylation sites (tertiary alicyclic amines) is 1. The highest BCUT2D eigenvalue weighted by atomic mass is 16.3. The quantitative estimate of drug-likeness (QED) is 0.630. The number of aliphatic hydroxyl groups is 1. The molecule has 27 heavy (non-hydrogen) atoms. The van der Waals surface area contributed by atoms with Crippen LogP contribution >= 0.6 is 0 Å². The number of hydrogen-bond donors (Lipinski definition) is 3. The summed E-state index contributed by atoms with van der Waals surface area (Å²) in [4.78, 5) is 11.1. The molecule has 2 heterocycles. The Morgan fingerprint density at radius 2 is 1.85 bits per heavy atom. The van der Waals surface area contributed by atoms with E-state index in [0.29, 0.717) is 12.2 Å². The van der Waals surface area contributed by atoms with Crippen LogP contribution in [-0.4, -0.2) is 45.7 Å². The number of rotatable bonds is 9. The van der Waals surface area contributed by atoms with Crippen LogP contribution in [0.5, 0.6) is 0 Å². The van der Waals surface area contributed by atoms with Crippen molar-refractivity contribution in [2.45, 2.75) is 51.6 Å². The van der Waals surface area contributed by atoms with Crippen molar-refractivity contribution >= 4 is 11.8 Å². The fourth-order valence-electron chi connectivity index (χ4n) is 3.62. The van der Waals surface area contributed by atoms with E-state index in [-0.39, 0.29) is 18.6 Å². The van der Waals surface area contributed by atoms with Gasteiger partial charge in [-0.25, -0.2) is 4.98 Å². The molecule has 1 aliphatic rings. The lowest BCUT2D eigenvalue weighted by Gasteiger charge is -2.17. The molecule has 0 amide bonds. The van der Waals surface area contributed by atoms with Crippen molar-refractivity contribution in [2.75, 3.05) is 30.7 Å². The molecule has 3 rings (SSSR count). The fraction of sp³-hybridized carbons (Fsp3) is 0.524. The lowest BCUT2D eigenvalue weighted by Crippen LogP contribution is -2.24. The van der Waals surface area contributed by atoms with Gasteiger partial charge in [0.05, 0.1) is 18.3 Å². The highest BCUT2D eigenvalue weighted by Gasteiger charge is 2.12. The van der Waals surface area contributed by atoms with Gasteiger partial charge in [0, 0.05) is 19.0 Å². The van der Waals surface area contributed by atoms with Gasteiger partial charge in [-0.15, -0.1) is 0 Å². The molecule has 2 aromatic rings. The monoisotopic (exact) mass is 369 g/mol. The Morgan fingerprint density at radius 1 is 1.15 bits per heavy atom. The van der Waals surface area contributed by atoms with Crippen LogP contribution < -0.4 is 11.1 Å². The molecule has 6 heteroatoms. The maximum absolute atomic E-state index is 9.48. The number of benzene rings is 1. The third-order valence-corrected chi connectivity index (χ3v) is 5.02. The molecule has 0 spiro atoms. The zero-order valence-electron chi connectivity index (χ0n) is 16.2. The maximum atomic E-state index is 9.48. The van der Waals surface area contributed by atoms with Gasteiger partial charge in [-0.05, 0) is 43.5 Å². The molecule has 4 N–H and O–H groups in total. The van der Waals surface area contributed by atoms with Gasteiger partial charge in [0.25, 0.3) is 0 Å². The van der Waals surface area contributed by atoms with Crippen molar-refractivity contribution in [1.29, 1.82) is 0 Å². The van der Waals surface area contributed by atoms with Gasteiger partial charge in [-0.3, -0.25) is 4.90 Å². The van der Waals surface area contributed by atoms with Crippen LogP contribution in [-0.2, 0) is 13.0 Å². The molecular weight excluding hydrogens is 338 g/mol. The number of aromatic nitrogens is 2. The largest absolute Gasteiger partial charge is 0.394 e. The molecule has 6 nitrogen and oxygen atoms in total. The van der Waals surface area contributed by atoms with Crippen molar-refractivity contribution in [3.05, 3.63) is 47.2 Å². The summed E-state index contributed by atoms with van der Waals surface area (Å²) in [6.07, 6.45) is 5.23. The first-order valence-corrected chi connectivity index (χ1v) is 9.97. The Labute approximate surface area is 161 Å². The molecule has 0 bridgehead atoms. The second kappa shape index (κ2) is 9.67. The lowest BCUT2D eigenvalue weighted by molar-refractivity contribution is 0.268. The Bertz CT molecular complexity index is 713. The van der Waals surface area contributed by atoms with Crippen LogP contribution in [0.4, 0.5) is 11.8 Å². The highest BCUT2D eigenvalue weighted by Crippen LogP contribution is 2.17. The van der Waals surface area contributed by atoms with E-state index >= 15 is 0 Å². The second-order valence-electron chi connectivity index (χ2n) is 7.39. The zero-order chi connectivity index (χ0) is 19.1. The van der Waals surface area contributed by atoms with Crippen LogP contribution in [0.2, 0.25) is 0 Å². The van der Waals surface area contributed by atoms with Crippen LogP contribution in [0, 0.1) is 0 Å². The number of nitrogens with zero attached hydrogens (tertiary/aromatic N) is 3. The van der Waals surface area contributed by atoms with Gasteiger partial charge in [0.2, 0.25) is 5.95 Å². The topological polar surface area (TPSA) is 87.3 Å². The molecule has 1 aliphatic heterocycles. The van der Waals surface area contributed by atoms with Crippen LogP contribution in [0.15, 0.2) is 30.3 Å². The molecule has 0 aliphatic carbocycles. The van der Waals surface area contributed by atoms with E-state index in [1.165, 1.54) is 37.1 Å². The number of nitrogens with one attached hydrogen (secondary N) is 1. The lowest BCUT2D eigenvalue weighted by atomic mass is 10.1. The Morgan fingerprint density at radius 3 is 2.52 bits per heavy atom. The van der Waals surface area contributed by atoms with Crippen molar-refractivity contribution in [3.63, 3.8) is 0 Å². The first kappa shape index (κ1) is 19.6. The van der Waals surface area contributed by atoms with E-state index in [0.717, 1.165) is 25.1 Å². The number of nitrogens with two attached hydrogens (primary N) is 1. The highest BCUT2D eigenvalue weighted by molar-refractivity contribution is 5.42. The maximum Gasteiger partial charge on any atom is 0.222 e. The molecule has 1 fully saturated rings. The predicted octanol–water partition coefficient (Wildman–Crippen LogP) is 2.82. The first-order valence-electron chi connectivity index (χ1n) is 9.97. The van der Waals surface area contributed by atoms with Crippen molar-refractivity contribution in [3.8, 4) is 0 Å². The summed E-state index contributed by atoms with van der Waals surface area (Å²) in [5, 5.41) is 12.7. The van der Waals surface area contributed by atoms with E-state index in [1.54, 1.807) is 0 Å². The molecule has 146 valence electrons. The standard InChI is InChI=1S/C21H31N5O/c1-2-5-18(15-27)23-20-13-19(24-21(22)25-20)12-16-6-8-17(9-7-16)14-26-10-3-4-11-26/h6-9,13,18,27H,2-5,10-12,14-15H2,1H3,(H3,22,23,24,25). The van der Waals surface area contributed by atoms with Gasteiger partial charge < -0.3 is 16.2 Å². The second-order valence-corrected chi connectivity index (χ2v) is 7.39. The molecule has 1 atom stereocenters. The minimum absolute atomic E-state index is 0.0120. The number of nitrogen functional groups attached to an aromatic ring is 1. The number of hydrogen-bond acceptors (Lipinski definition) is 6. The summed E-state index contributed by atoms with van der Waals surface area (Å²) in [5.74, 6) is 0.935. The first-order chi connectivity index (χ1) is 13.2. The predicted molar refractivity (Wildman–Crippen MR) is 110 cm³/mol. The SMILES string of the molecule is CCCC(CO)Nc1cc(Cc2ccc(CN3CCCC3)cc2)nc(N)n1. The van der Waals surface area contributed by atoms with E-state index in [4.69, 9.17) is 5.73 Å². The van der Waals surface area contributed by atoms with E-state index < -0.39 is 0 Å². The molecular formula is C21H31N5O. The molecule has 0 saturated carbocycles. The van der Waals surface area contributed by atoms with Crippen LogP contribution in [0.25, 0.3) is 0 Å². The molecule has 1 unspecified atom stereocenters. The fourth-order valence-corrected chi connectivity index (χ4v) is 3.62. The summed E-state index contributed by atoms with van der Waals surface area (Å²) in [7, 11) is 0. The summed E-state index contributed by atoms with van der Waals surface area (Å²) < 4.78 is 0. The molecule has 0 radical (unpaired) electrons. The van der Waals surface area contributed by atoms with Crippen LogP contribution in [0.1, 0.15) is 49.4 Å².